The van der Waals surface area contributed by atoms with E-state index in [0.717, 1.165) is 17.7 Å². The lowest BCUT2D eigenvalue weighted by atomic mass is 10.0. The molecule has 0 bridgehead atoms. The number of nitrogens with zero attached hydrogens (tertiary/aromatic N) is 1. The number of rotatable bonds is 7. The standard InChI is InChI=1S/C22H28N2O3/c1-22(2)13-17-11-8-12-19(21(17)27-22)26-15-20(25)23-14-18(24(3)4)16-9-6-5-7-10-16/h5-12,18H,13-15H2,1-4H3,(H,23,25). The molecule has 0 radical (unpaired) electrons. The van der Waals surface area contributed by atoms with Crippen molar-refractivity contribution < 1.29 is 14.3 Å². The molecule has 1 N–H and O–H groups in total. The van der Waals surface area contributed by atoms with Gasteiger partial charge in [-0.2, -0.15) is 0 Å². The van der Waals surface area contributed by atoms with Gasteiger partial charge in [0, 0.05) is 18.5 Å². The predicted molar refractivity (Wildman–Crippen MR) is 106 cm³/mol. The minimum absolute atomic E-state index is 0.0326. The maximum atomic E-state index is 12.3. The third-order valence-corrected chi connectivity index (χ3v) is 4.71. The molecule has 1 unspecified atom stereocenters. The number of nitrogens with one attached hydrogen (secondary N) is 1. The number of ether oxygens (including phenoxy) is 2. The minimum atomic E-state index is -0.237. The van der Waals surface area contributed by atoms with Gasteiger partial charge in [0.1, 0.15) is 5.60 Å². The SMILES string of the molecule is CN(C)C(CNC(=O)COc1cccc2c1OC(C)(C)C2)c1ccccc1. The summed E-state index contributed by atoms with van der Waals surface area (Å²) in [4.78, 5) is 14.4. The molecule has 0 fully saturated rings. The Morgan fingerprint density at radius 3 is 2.63 bits per heavy atom. The predicted octanol–water partition coefficient (Wildman–Crippen LogP) is 3.20. The summed E-state index contributed by atoms with van der Waals surface area (Å²) in [7, 11) is 4.01. The Morgan fingerprint density at radius 1 is 1.19 bits per heavy atom. The number of fused-ring (bicyclic) bond motifs is 1. The Kier molecular flexibility index (Phi) is 5.71. The van der Waals surface area contributed by atoms with E-state index in [1.807, 2.05) is 50.5 Å². The zero-order chi connectivity index (χ0) is 19.4. The van der Waals surface area contributed by atoms with Gasteiger partial charge in [0.2, 0.25) is 0 Å². The van der Waals surface area contributed by atoms with E-state index in [-0.39, 0.29) is 24.2 Å². The van der Waals surface area contributed by atoms with Crippen molar-refractivity contribution in [3.05, 3.63) is 59.7 Å². The molecule has 27 heavy (non-hydrogen) atoms. The molecule has 1 heterocycles. The van der Waals surface area contributed by atoms with Gasteiger partial charge >= 0.3 is 0 Å². The topological polar surface area (TPSA) is 50.8 Å². The van der Waals surface area contributed by atoms with Crippen LogP contribution in [-0.2, 0) is 11.2 Å². The molecule has 144 valence electrons. The van der Waals surface area contributed by atoms with E-state index < -0.39 is 0 Å². The van der Waals surface area contributed by atoms with Crippen molar-refractivity contribution in [3.8, 4) is 11.5 Å². The van der Waals surface area contributed by atoms with Gasteiger partial charge in [-0.05, 0) is 39.6 Å². The van der Waals surface area contributed by atoms with Crippen molar-refractivity contribution in [3.63, 3.8) is 0 Å². The molecule has 2 aromatic carbocycles. The van der Waals surface area contributed by atoms with Gasteiger partial charge in [0.15, 0.2) is 18.1 Å². The van der Waals surface area contributed by atoms with Gasteiger partial charge < -0.3 is 19.7 Å². The van der Waals surface area contributed by atoms with Crippen molar-refractivity contribution in [1.82, 2.24) is 10.2 Å². The average Bonchev–Trinajstić information content (AvgIpc) is 2.95. The lowest BCUT2D eigenvalue weighted by molar-refractivity contribution is -0.123. The van der Waals surface area contributed by atoms with E-state index >= 15 is 0 Å². The lowest BCUT2D eigenvalue weighted by Gasteiger charge is -2.25. The molecule has 1 aliphatic rings. The second-order valence-corrected chi connectivity index (χ2v) is 7.77. The molecule has 0 aliphatic carbocycles. The summed E-state index contributed by atoms with van der Waals surface area (Å²) < 4.78 is 11.7. The fourth-order valence-corrected chi connectivity index (χ4v) is 3.38. The molecule has 1 aliphatic heterocycles. The first-order valence-electron chi connectivity index (χ1n) is 9.27. The zero-order valence-corrected chi connectivity index (χ0v) is 16.5. The molecule has 0 saturated heterocycles. The number of carbonyl (C=O) groups is 1. The van der Waals surface area contributed by atoms with Crippen LogP contribution in [0.1, 0.15) is 31.0 Å². The third kappa shape index (κ3) is 4.80. The normalized spacial score (nSPS) is 15.7. The van der Waals surface area contributed by atoms with Gasteiger partial charge in [-0.15, -0.1) is 0 Å². The molecule has 5 heteroatoms. The molecule has 0 aromatic heterocycles. The van der Waals surface area contributed by atoms with E-state index in [0.29, 0.717) is 12.3 Å². The molecule has 1 amide bonds. The van der Waals surface area contributed by atoms with Crippen LogP contribution in [0.15, 0.2) is 48.5 Å². The summed E-state index contributed by atoms with van der Waals surface area (Å²) in [6, 6.07) is 16.1. The van der Waals surface area contributed by atoms with Gasteiger partial charge in [0.05, 0.1) is 6.04 Å². The van der Waals surface area contributed by atoms with Crippen LogP contribution in [0, 0.1) is 0 Å². The first kappa shape index (κ1) is 19.2. The number of benzene rings is 2. The van der Waals surface area contributed by atoms with Gasteiger partial charge in [-0.3, -0.25) is 4.79 Å². The number of amides is 1. The summed E-state index contributed by atoms with van der Waals surface area (Å²) in [5.41, 5.74) is 2.05. The highest BCUT2D eigenvalue weighted by Gasteiger charge is 2.32. The number of hydrogen-bond donors (Lipinski definition) is 1. The Labute approximate surface area is 161 Å². The molecular weight excluding hydrogens is 340 g/mol. The quantitative estimate of drug-likeness (QED) is 0.815. The van der Waals surface area contributed by atoms with Crippen LogP contribution in [-0.4, -0.2) is 43.7 Å². The zero-order valence-electron chi connectivity index (χ0n) is 16.5. The number of para-hydroxylation sites is 1. The van der Waals surface area contributed by atoms with Crippen LogP contribution in [0.25, 0.3) is 0 Å². The van der Waals surface area contributed by atoms with Gasteiger partial charge in [-0.1, -0.05) is 42.5 Å². The molecule has 3 rings (SSSR count). The molecule has 2 aromatic rings. The second kappa shape index (κ2) is 8.01. The maximum absolute atomic E-state index is 12.3. The van der Waals surface area contributed by atoms with Crippen LogP contribution in [0.4, 0.5) is 0 Å². The summed E-state index contributed by atoms with van der Waals surface area (Å²) in [5.74, 6) is 1.24. The molecule has 5 nitrogen and oxygen atoms in total. The molecule has 0 spiro atoms. The monoisotopic (exact) mass is 368 g/mol. The second-order valence-electron chi connectivity index (χ2n) is 7.77. The summed E-state index contributed by atoms with van der Waals surface area (Å²) >= 11 is 0. The van der Waals surface area contributed by atoms with E-state index in [9.17, 15) is 4.79 Å². The van der Waals surface area contributed by atoms with Crippen molar-refractivity contribution in [1.29, 1.82) is 0 Å². The number of carbonyl (C=O) groups excluding carboxylic acids is 1. The molecule has 1 atom stereocenters. The van der Waals surface area contributed by atoms with Crippen molar-refractivity contribution >= 4 is 5.91 Å². The van der Waals surface area contributed by atoms with Gasteiger partial charge in [-0.25, -0.2) is 0 Å². The van der Waals surface area contributed by atoms with Crippen LogP contribution in [0.5, 0.6) is 11.5 Å². The Bertz CT molecular complexity index is 787. The first-order valence-corrected chi connectivity index (χ1v) is 9.27. The van der Waals surface area contributed by atoms with E-state index in [2.05, 4.69) is 36.2 Å². The fraction of sp³-hybridized carbons (Fsp3) is 0.409. The van der Waals surface area contributed by atoms with E-state index in [1.54, 1.807) is 0 Å². The lowest BCUT2D eigenvalue weighted by Crippen LogP contribution is -2.36. The number of likely N-dealkylation sites (N-methyl/N-ethyl adjacent to an activating group) is 1. The highest BCUT2D eigenvalue weighted by molar-refractivity contribution is 5.77. The van der Waals surface area contributed by atoms with Crippen molar-refractivity contribution in [2.45, 2.75) is 31.9 Å². The van der Waals surface area contributed by atoms with Gasteiger partial charge in [0.25, 0.3) is 5.91 Å². The van der Waals surface area contributed by atoms with Crippen molar-refractivity contribution in [2.24, 2.45) is 0 Å². The van der Waals surface area contributed by atoms with Crippen LogP contribution in [0.2, 0.25) is 0 Å². The smallest absolute Gasteiger partial charge is 0.258 e. The Hall–Kier alpha value is -2.53. The van der Waals surface area contributed by atoms with Crippen molar-refractivity contribution in [2.75, 3.05) is 27.2 Å². The van der Waals surface area contributed by atoms with Crippen LogP contribution < -0.4 is 14.8 Å². The van der Waals surface area contributed by atoms with Crippen LogP contribution >= 0.6 is 0 Å². The third-order valence-electron chi connectivity index (χ3n) is 4.71. The molecule has 0 saturated carbocycles. The highest BCUT2D eigenvalue weighted by Crippen LogP contribution is 2.41. The Morgan fingerprint density at radius 2 is 1.93 bits per heavy atom. The molecular formula is C22H28N2O3. The largest absolute Gasteiger partial charge is 0.483 e. The summed E-state index contributed by atoms with van der Waals surface area (Å²) in [5, 5.41) is 2.97. The Balaban J connectivity index is 1.56. The highest BCUT2D eigenvalue weighted by atomic mass is 16.5. The van der Waals surface area contributed by atoms with Crippen LogP contribution in [0.3, 0.4) is 0 Å². The maximum Gasteiger partial charge on any atom is 0.258 e. The van der Waals surface area contributed by atoms with E-state index in [1.165, 1.54) is 5.56 Å². The summed E-state index contributed by atoms with van der Waals surface area (Å²) in [6.45, 7) is 4.59. The first-order chi connectivity index (χ1) is 12.9. The summed E-state index contributed by atoms with van der Waals surface area (Å²) in [6.07, 6.45) is 0.841. The minimum Gasteiger partial charge on any atom is -0.483 e. The van der Waals surface area contributed by atoms with E-state index in [4.69, 9.17) is 9.47 Å². The number of hydrogen-bond acceptors (Lipinski definition) is 4. The average molecular weight is 368 g/mol. The fourth-order valence-electron chi connectivity index (χ4n) is 3.38.